The van der Waals surface area contributed by atoms with Gasteiger partial charge in [-0.1, -0.05) is 6.07 Å². The molecule has 0 saturated heterocycles. The number of nitrogens with zero attached hydrogens (tertiary/aromatic N) is 2. The first kappa shape index (κ1) is 9.18. The van der Waals surface area contributed by atoms with Crippen molar-refractivity contribution in [3.63, 3.8) is 0 Å². The number of hydrogen-bond acceptors (Lipinski definition) is 3. The van der Waals surface area contributed by atoms with Crippen molar-refractivity contribution < 1.29 is 9.84 Å². The fourth-order valence-electron chi connectivity index (χ4n) is 1.39. The van der Waals surface area contributed by atoms with Gasteiger partial charge in [0, 0.05) is 12.8 Å². The standard InChI is InChI=1S/C10H12N2O2/c1-2-14-10(13)8-7-11-12-6-4-3-5-9(8)12/h3-7,10,13H,2H2,1H3. The second-order valence-corrected chi connectivity index (χ2v) is 2.94. The van der Waals surface area contributed by atoms with Gasteiger partial charge in [0.2, 0.25) is 0 Å². The molecule has 2 rings (SSSR count). The second-order valence-electron chi connectivity index (χ2n) is 2.94. The fraction of sp³-hybridized carbons (Fsp3) is 0.300. The van der Waals surface area contributed by atoms with Crippen LogP contribution >= 0.6 is 0 Å². The summed E-state index contributed by atoms with van der Waals surface area (Å²) in [6.45, 7) is 2.32. The average Bonchev–Trinajstić information content (AvgIpc) is 2.61. The first-order valence-corrected chi connectivity index (χ1v) is 4.55. The number of fused-ring (bicyclic) bond motifs is 1. The molecule has 0 spiro atoms. The molecular formula is C10H12N2O2. The second kappa shape index (κ2) is 3.77. The number of hydrogen-bond donors (Lipinski definition) is 1. The first-order chi connectivity index (χ1) is 6.83. The van der Waals surface area contributed by atoms with E-state index < -0.39 is 6.29 Å². The highest BCUT2D eigenvalue weighted by atomic mass is 16.6. The van der Waals surface area contributed by atoms with Crippen LogP contribution in [0.1, 0.15) is 18.8 Å². The number of ether oxygens (including phenoxy) is 1. The summed E-state index contributed by atoms with van der Waals surface area (Å²) in [5.41, 5.74) is 1.57. The van der Waals surface area contributed by atoms with Crippen LogP contribution in [0.5, 0.6) is 0 Å². The lowest BCUT2D eigenvalue weighted by Crippen LogP contribution is -2.02. The predicted molar refractivity (Wildman–Crippen MR) is 51.8 cm³/mol. The summed E-state index contributed by atoms with van der Waals surface area (Å²) < 4.78 is 6.80. The minimum Gasteiger partial charge on any atom is -0.364 e. The van der Waals surface area contributed by atoms with E-state index in [4.69, 9.17) is 4.74 Å². The van der Waals surface area contributed by atoms with Crippen LogP contribution in [-0.4, -0.2) is 21.3 Å². The minimum absolute atomic E-state index is 0.478. The Labute approximate surface area is 81.7 Å². The lowest BCUT2D eigenvalue weighted by molar-refractivity contribution is -0.0970. The molecule has 14 heavy (non-hydrogen) atoms. The lowest BCUT2D eigenvalue weighted by atomic mass is 10.2. The highest BCUT2D eigenvalue weighted by Crippen LogP contribution is 2.19. The van der Waals surface area contributed by atoms with Gasteiger partial charge in [0.05, 0.1) is 17.3 Å². The van der Waals surface area contributed by atoms with Crippen LogP contribution < -0.4 is 0 Å². The zero-order valence-electron chi connectivity index (χ0n) is 7.92. The monoisotopic (exact) mass is 192 g/mol. The smallest absolute Gasteiger partial charge is 0.184 e. The van der Waals surface area contributed by atoms with Crippen LogP contribution in [0.2, 0.25) is 0 Å². The molecule has 0 aliphatic carbocycles. The third kappa shape index (κ3) is 1.49. The molecule has 1 unspecified atom stereocenters. The Morgan fingerprint density at radius 2 is 2.43 bits per heavy atom. The predicted octanol–water partition coefficient (Wildman–Crippen LogP) is 1.36. The topological polar surface area (TPSA) is 46.8 Å². The summed E-state index contributed by atoms with van der Waals surface area (Å²) in [6, 6.07) is 5.68. The zero-order chi connectivity index (χ0) is 9.97. The van der Waals surface area contributed by atoms with E-state index in [1.54, 1.807) is 10.7 Å². The number of aromatic nitrogens is 2. The molecule has 4 heteroatoms. The van der Waals surface area contributed by atoms with Crippen molar-refractivity contribution in [3.05, 3.63) is 36.2 Å². The molecule has 2 heterocycles. The van der Waals surface area contributed by atoms with E-state index in [1.807, 2.05) is 31.3 Å². The molecule has 0 aromatic carbocycles. The van der Waals surface area contributed by atoms with Crippen LogP contribution in [0.3, 0.4) is 0 Å². The Kier molecular flexibility index (Phi) is 2.47. The molecule has 2 aromatic heterocycles. The van der Waals surface area contributed by atoms with Gasteiger partial charge >= 0.3 is 0 Å². The van der Waals surface area contributed by atoms with Gasteiger partial charge in [0.1, 0.15) is 0 Å². The molecular weight excluding hydrogens is 180 g/mol. The molecule has 0 amide bonds. The minimum atomic E-state index is -0.889. The van der Waals surface area contributed by atoms with Gasteiger partial charge in [-0.05, 0) is 19.1 Å². The number of aliphatic hydroxyl groups excluding tert-OH is 1. The highest BCUT2D eigenvalue weighted by molar-refractivity contribution is 5.53. The number of rotatable bonds is 3. The van der Waals surface area contributed by atoms with Crippen LogP contribution in [0.15, 0.2) is 30.6 Å². The molecule has 74 valence electrons. The number of aliphatic hydroxyl groups is 1. The van der Waals surface area contributed by atoms with E-state index in [9.17, 15) is 5.11 Å². The van der Waals surface area contributed by atoms with Gasteiger partial charge in [-0.25, -0.2) is 4.52 Å². The molecule has 0 aliphatic heterocycles. The quantitative estimate of drug-likeness (QED) is 0.747. The highest BCUT2D eigenvalue weighted by Gasteiger charge is 2.12. The number of pyridine rings is 1. The largest absolute Gasteiger partial charge is 0.364 e. The van der Waals surface area contributed by atoms with Gasteiger partial charge in [-0.2, -0.15) is 5.10 Å². The molecule has 0 saturated carbocycles. The van der Waals surface area contributed by atoms with Crippen molar-refractivity contribution in [2.45, 2.75) is 13.2 Å². The van der Waals surface area contributed by atoms with E-state index in [1.165, 1.54) is 0 Å². The molecule has 0 aliphatic rings. The van der Waals surface area contributed by atoms with E-state index in [0.29, 0.717) is 12.2 Å². The maximum absolute atomic E-state index is 9.63. The third-order valence-electron chi connectivity index (χ3n) is 2.05. The fourth-order valence-corrected chi connectivity index (χ4v) is 1.39. The summed E-state index contributed by atoms with van der Waals surface area (Å²) in [7, 11) is 0. The van der Waals surface area contributed by atoms with Gasteiger partial charge in [0.15, 0.2) is 6.29 Å². The van der Waals surface area contributed by atoms with Crippen molar-refractivity contribution >= 4 is 5.52 Å². The Balaban J connectivity index is 2.42. The van der Waals surface area contributed by atoms with E-state index >= 15 is 0 Å². The molecule has 4 nitrogen and oxygen atoms in total. The zero-order valence-corrected chi connectivity index (χ0v) is 7.92. The van der Waals surface area contributed by atoms with Crippen LogP contribution in [0.4, 0.5) is 0 Å². The maximum Gasteiger partial charge on any atom is 0.184 e. The van der Waals surface area contributed by atoms with Crippen molar-refractivity contribution in [1.82, 2.24) is 9.61 Å². The maximum atomic E-state index is 9.63. The van der Waals surface area contributed by atoms with Crippen molar-refractivity contribution in [2.24, 2.45) is 0 Å². The SMILES string of the molecule is CCOC(O)c1cnn2ccccc12. The normalized spacial score (nSPS) is 13.3. The van der Waals surface area contributed by atoms with E-state index in [0.717, 1.165) is 5.52 Å². The molecule has 0 bridgehead atoms. The van der Waals surface area contributed by atoms with Gasteiger partial charge in [0.25, 0.3) is 0 Å². The molecule has 1 N–H and O–H groups in total. The first-order valence-electron chi connectivity index (χ1n) is 4.55. The summed E-state index contributed by atoms with van der Waals surface area (Å²) in [5, 5.41) is 13.7. The van der Waals surface area contributed by atoms with Gasteiger partial charge in [-0.3, -0.25) is 0 Å². The Morgan fingerprint density at radius 1 is 1.57 bits per heavy atom. The molecule has 0 radical (unpaired) electrons. The Morgan fingerprint density at radius 3 is 3.21 bits per heavy atom. The Hall–Kier alpha value is -1.39. The van der Waals surface area contributed by atoms with Crippen LogP contribution in [-0.2, 0) is 4.74 Å². The van der Waals surface area contributed by atoms with Gasteiger partial charge < -0.3 is 9.84 Å². The van der Waals surface area contributed by atoms with Crippen molar-refractivity contribution in [3.8, 4) is 0 Å². The Bertz CT molecular complexity index is 425. The van der Waals surface area contributed by atoms with Gasteiger partial charge in [-0.15, -0.1) is 0 Å². The third-order valence-corrected chi connectivity index (χ3v) is 2.05. The van der Waals surface area contributed by atoms with Crippen LogP contribution in [0, 0.1) is 0 Å². The molecule has 2 aromatic rings. The lowest BCUT2D eigenvalue weighted by Gasteiger charge is -2.08. The summed E-state index contributed by atoms with van der Waals surface area (Å²) in [4.78, 5) is 0. The molecule has 1 atom stereocenters. The summed E-state index contributed by atoms with van der Waals surface area (Å²) in [5.74, 6) is 0. The van der Waals surface area contributed by atoms with E-state index in [2.05, 4.69) is 5.10 Å². The van der Waals surface area contributed by atoms with Crippen molar-refractivity contribution in [1.29, 1.82) is 0 Å². The van der Waals surface area contributed by atoms with Crippen LogP contribution in [0.25, 0.3) is 5.52 Å². The average molecular weight is 192 g/mol. The van der Waals surface area contributed by atoms with Crippen molar-refractivity contribution in [2.75, 3.05) is 6.61 Å². The summed E-state index contributed by atoms with van der Waals surface area (Å²) >= 11 is 0. The molecule has 0 fully saturated rings. The summed E-state index contributed by atoms with van der Waals surface area (Å²) in [6.07, 6.45) is 2.56. The van der Waals surface area contributed by atoms with E-state index in [-0.39, 0.29) is 0 Å².